The van der Waals surface area contributed by atoms with Gasteiger partial charge in [-0.3, -0.25) is 14.7 Å². The van der Waals surface area contributed by atoms with Gasteiger partial charge in [0.25, 0.3) is 0 Å². The third-order valence-corrected chi connectivity index (χ3v) is 7.55. The molecule has 24 heavy (non-hydrogen) atoms. The maximum absolute atomic E-state index is 14.7. The number of rotatable bonds is 4. The first kappa shape index (κ1) is 19.3. The van der Waals surface area contributed by atoms with Crippen molar-refractivity contribution in [3.8, 4) is 0 Å². The minimum Gasteiger partial charge on any atom is -0.325 e. The summed E-state index contributed by atoms with van der Waals surface area (Å²) >= 11 is 9.86. The molecule has 2 heterocycles. The van der Waals surface area contributed by atoms with Crippen molar-refractivity contribution >= 4 is 27.5 Å². The van der Waals surface area contributed by atoms with E-state index in [1.165, 1.54) is 12.8 Å². The summed E-state index contributed by atoms with van der Waals surface area (Å²) < 4.78 is 14.7. The molecule has 0 aromatic carbocycles. The van der Waals surface area contributed by atoms with Crippen LogP contribution in [0.2, 0.25) is 0 Å². The molecular formula is C16H30BrClFN5. The van der Waals surface area contributed by atoms with E-state index in [0.717, 1.165) is 26.2 Å². The third-order valence-electron chi connectivity index (χ3n) is 6.04. The predicted octanol–water partition coefficient (Wildman–Crippen LogP) is 1.21. The van der Waals surface area contributed by atoms with Gasteiger partial charge in [-0.25, -0.2) is 4.39 Å². The summed E-state index contributed by atoms with van der Waals surface area (Å²) in [5, 5.41) is 3.64. The van der Waals surface area contributed by atoms with Gasteiger partial charge in [-0.1, -0.05) is 15.9 Å². The molecule has 8 heteroatoms. The maximum atomic E-state index is 14.7. The lowest BCUT2D eigenvalue weighted by atomic mass is 9.87. The first-order valence-electron chi connectivity index (χ1n) is 8.85. The van der Waals surface area contributed by atoms with Crippen molar-refractivity contribution in [2.75, 3.05) is 40.3 Å². The summed E-state index contributed by atoms with van der Waals surface area (Å²) in [7, 11) is 3.98. The molecule has 1 spiro atoms. The lowest BCUT2D eigenvalue weighted by Crippen LogP contribution is -2.68. The van der Waals surface area contributed by atoms with Gasteiger partial charge in [0.1, 0.15) is 6.17 Å². The molecule has 0 aromatic heterocycles. The van der Waals surface area contributed by atoms with E-state index in [9.17, 15) is 4.39 Å². The predicted molar refractivity (Wildman–Crippen MR) is 100 cm³/mol. The average Bonchev–Trinajstić information content (AvgIpc) is 3.29. The Morgan fingerprint density at radius 2 is 2.12 bits per heavy atom. The molecule has 2 aliphatic heterocycles. The van der Waals surface area contributed by atoms with Gasteiger partial charge >= 0.3 is 0 Å². The summed E-state index contributed by atoms with van der Waals surface area (Å²) in [5.41, 5.74) is 6.50. The van der Waals surface area contributed by atoms with E-state index < -0.39 is 12.2 Å². The monoisotopic (exact) mass is 425 g/mol. The van der Waals surface area contributed by atoms with Crippen molar-refractivity contribution in [3.05, 3.63) is 0 Å². The van der Waals surface area contributed by atoms with Crippen molar-refractivity contribution < 1.29 is 4.39 Å². The summed E-state index contributed by atoms with van der Waals surface area (Å²) in [6.07, 6.45) is 1.41. The van der Waals surface area contributed by atoms with Crippen LogP contribution in [-0.4, -0.2) is 89.3 Å². The first-order chi connectivity index (χ1) is 11.3. The number of hydrogen-bond acceptors (Lipinski definition) is 5. The van der Waals surface area contributed by atoms with E-state index in [0.29, 0.717) is 0 Å². The molecular weight excluding hydrogens is 397 g/mol. The standard InChI is InChI=1S/C16H30BrClFN5/c1-10(18)23(3)15(24-7-6-21-16(9-24)4-5-16)11-8-22(2)14(17)12(19)13(11)20/h10-15,21H,4-9,20H2,1-3H3. The van der Waals surface area contributed by atoms with Crippen molar-refractivity contribution in [1.29, 1.82) is 0 Å². The Hall–Kier alpha value is 0.500. The summed E-state index contributed by atoms with van der Waals surface area (Å²) in [5.74, 6) is 0.0129. The van der Waals surface area contributed by atoms with Gasteiger partial charge in [0.2, 0.25) is 0 Å². The van der Waals surface area contributed by atoms with Crippen LogP contribution in [0.4, 0.5) is 4.39 Å². The van der Waals surface area contributed by atoms with Gasteiger partial charge < -0.3 is 11.1 Å². The molecule has 0 radical (unpaired) electrons. The summed E-state index contributed by atoms with van der Waals surface area (Å²) in [6.45, 7) is 5.64. The van der Waals surface area contributed by atoms with Crippen molar-refractivity contribution in [2.24, 2.45) is 11.7 Å². The first-order valence-corrected chi connectivity index (χ1v) is 10.2. The fourth-order valence-corrected chi connectivity index (χ4v) is 4.89. The molecule has 3 rings (SSSR count). The van der Waals surface area contributed by atoms with Crippen LogP contribution in [0.15, 0.2) is 0 Å². The minimum absolute atomic E-state index is 0.0129. The fourth-order valence-electron chi connectivity index (χ4n) is 4.25. The smallest absolute Gasteiger partial charge is 0.141 e. The normalized spacial score (nSPS) is 40.0. The number of piperazine rings is 1. The number of hydrogen-bond donors (Lipinski definition) is 2. The number of alkyl halides is 3. The van der Waals surface area contributed by atoms with Crippen LogP contribution in [0.5, 0.6) is 0 Å². The zero-order valence-electron chi connectivity index (χ0n) is 14.8. The van der Waals surface area contributed by atoms with Gasteiger partial charge in [0.05, 0.1) is 16.6 Å². The largest absolute Gasteiger partial charge is 0.325 e. The molecule has 3 aliphatic rings. The SMILES string of the molecule is CC(Cl)N(C)C(C1CN(C)C(Br)C(F)C1N)N1CCNC2(CC2)C1. The zero-order valence-corrected chi connectivity index (χ0v) is 17.1. The molecule has 6 unspecified atom stereocenters. The van der Waals surface area contributed by atoms with Crippen LogP contribution in [0.1, 0.15) is 19.8 Å². The van der Waals surface area contributed by atoms with Gasteiger partial charge in [-0.15, -0.1) is 11.6 Å². The van der Waals surface area contributed by atoms with Crippen molar-refractivity contribution in [2.45, 2.75) is 54.1 Å². The number of nitrogens with one attached hydrogen (secondary N) is 1. The molecule has 0 aromatic rings. The molecule has 3 N–H and O–H groups in total. The highest BCUT2D eigenvalue weighted by Gasteiger charge is 2.51. The number of piperidine rings is 1. The Morgan fingerprint density at radius 1 is 1.46 bits per heavy atom. The minimum atomic E-state index is -1.09. The van der Waals surface area contributed by atoms with Crippen LogP contribution < -0.4 is 11.1 Å². The topological polar surface area (TPSA) is 47.8 Å². The highest BCUT2D eigenvalue weighted by molar-refractivity contribution is 9.09. The molecule has 1 aliphatic carbocycles. The molecule has 1 saturated carbocycles. The van der Waals surface area contributed by atoms with E-state index in [-0.39, 0.29) is 28.1 Å². The number of halogens is 3. The second-order valence-electron chi connectivity index (χ2n) is 7.83. The molecule has 0 bridgehead atoms. The van der Waals surface area contributed by atoms with Crippen LogP contribution >= 0.6 is 27.5 Å². The maximum Gasteiger partial charge on any atom is 0.141 e. The zero-order chi connectivity index (χ0) is 17.6. The fraction of sp³-hybridized carbons (Fsp3) is 1.00. The molecule has 3 fully saturated rings. The Kier molecular flexibility index (Phi) is 5.82. The highest BCUT2D eigenvalue weighted by atomic mass is 79.9. The second kappa shape index (κ2) is 7.25. The molecule has 6 atom stereocenters. The lowest BCUT2D eigenvalue weighted by molar-refractivity contribution is -0.0539. The lowest BCUT2D eigenvalue weighted by Gasteiger charge is -2.52. The van der Waals surface area contributed by atoms with E-state index in [1.54, 1.807) is 0 Å². The van der Waals surface area contributed by atoms with E-state index >= 15 is 0 Å². The molecule has 2 saturated heterocycles. The highest BCUT2D eigenvalue weighted by Crippen LogP contribution is 2.40. The van der Waals surface area contributed by atoms with Crippen LogP contribution in [0.25, 0.3) is 0 Å². The number of likely N-dealkylation sites (tertiary alicyclic amines) is 1. The summed E-state index contributed by atoms with van der Waals surface area (Å²) in [4.78, 5) is 6.33. The third kappa shape index (κ3) is 3.63. The Labute approximate surface area is 158 Å². The molecule has 140 valence electrons. The van der Waals surface area contributed by atoms with Crippen molar-refractivity contribution in [1.82, 2.24) is 20.0 Å². The van der Waals surface area contributed by atoms with E-state index in [4.69, 9.17) is 17.3 Å². The van der Waals surface area contributed by atoms with Crippen LogP contribution in [0.3, 0.4) is 0 Å². The molecule has 5 nitrogen and oxygen atoms in total. The van der Waals surface area contributed by atoms with Gasteiger partial charge in [-0.05, 0) is 33.9 Å². The number of nitrogens with two attached hydrogens (primary N) is 1. The van der Waals surface area contributed by atoms with Gasteiger partial charge in [-0.2, -0.15) is 0 Å². The Bertz CT molecular complexity index is 452. The van der Waals surface area contributed by atoms with Crippen molar-refractivity contribution in [3.63, 3.8) is 0 Å². The van der Waals surface area contributed by atoms with Crippen LogP contribution in [-0.2, 0) is 0 Å². The van der Waals surface area contributed by atoms with Gasteiger partial charge in [0, 0.05) is 43.7 Å². The Morgan fingerprint density at radius 3 is 2.71 bits per heavy atom. The Balaban J connectivity index is 1.84. The second-order valence-corrected chi connectivity index (χ2v) is 9.40. The average molecular weight is 427 g/mol. The quantitative estimate of drug-likeness (QED) is 0.523. The van der Waals surface area contributed by atoms with E-state index in [1.807, 2.05) is 25.9 Å². The van der Waals surface area contributed by atoms with Gasteiger partial charge in [0.15, 0.2) is 0 Å². The molecule has 0 amide bonds. The van der Waals surface area contributed by atoms with E-state index in [2.05, 4.69) is 31.0 Å². The number of nitrogens with zero attached hydrogens (tertiary/aromatic N) is 3. The van der Waals surface area contributed by atoms with Crippen LogP contribution in [0, 0.1) is 5.92 Å². The summed E-state index contributed by atoms with van der Waals surface area (Å²) in [6, 6.07) is -0.501.